The van der Waals surface area contributed by atoms with Gasteiger partial charge in [0.15, 0.2) is 0 Å². The maximum absolute atomic E-state index is 14.6. The fourth-order valence-electron chi connectivity index (χ4n) is 8.55. The number of para-hydroxylation sites is 1. The number of phenolic OH excluding ortho intramolecular Hbond substituents is 1. The summed E-state index contributed by atoms with van der Waals surface area (Å²) >= 11 is 6.09. The minimum absolute atomic E-state index is 0.0662. The quantitative estimate of drug-likeness (QED) is 0.280. The zero-order chi connectivity index (χ0) is 32.1. The van der Waals surface area contributed by atoms with E-state index in [2.05, 4.69) is 0 Å². The molecular formula is C36H28ClFN2O6. The van der Waals surface area contributed by atoms with Crippen molar-refractivity contribution in [3.05, 3.63) is 107 Å². The van der Waals surface area contributed by atoms with Crippen LogP contribution in [0.25, 0.3) is 0 Å². The normalized spacial score (nSPS) is 29.8. The fourth-order valence-corrected chi connectivity index (χ4v) is 8.72. The van der Waals surface area contributed by atoms with Crippen molar-refractivity contribution in [2.45, 2.75) is 26.2 Å². The van der Waals surface area contributed by atoms with Gasteiger partial charge in [-0.25, -0.2) is 9.29 Å². The number of fused-ring (bicyclic) bond motifs is 5. The van der Waals surface area contributed by atoms with Gasteiger partial charge in [-0.05, 0) is 79.8 Å². The Labute approximate surface area is 268 Å². The first-order valence-corrected chi connectivity index (χ1v) is 15.6. The first-order valence-electron chi connectivity index (χ1n) is 15.2. The third-order valence-corrected chi connectivity index (χ3v) is 10.9. The number of imide groups is 2. The molecule has 2 saturated heterocycles. The average molecular weight is 639 g/mol. The van der Waals surface area contributed by atoms with E-state index >= 15 is 0 Å². The number of hydrogen-bond acceptors (Lipinski definition) is 6. The van der Waals surface area contributed by atoms with Crippen molar-refractivity contribution < 1.29 is 33.4 Å². The van der Waals surface area contributed by atoms with Gasteiger partial charge in [0.05, 0.1) is 45.8 Å². The van der Waals surface area contributed by atoms with Crippen LogP contribution in [0.2, 0.25) is 5.02 Å². The number of amides is 4. The molecule has 3 aromatic rings. The van der Waals surface area contributed by atoms with Crippen LogP contribution in [0, 0.1) is 40.8 Å². The Morgan fingerprint density at radius 3 is 2.46 bits per heavy atom. The third kappa shape index (κ3) is 3.90. The summed E-state index contributed by atoms with van der Waals surface area (Å²) in [5.41, 5.74) is 1.64. The second-order valence-electron chi connectivity index (χ2n) is 12.9. The number of anilines is 2. The van der Waals surface area contributed by atoms with Gasteiger partial charge >= 0.3 is 0 Å². The van der Waals surface area contributed by atoms with Crippen molar-refractivity contribution in [2.75, 3.05) is 9.80 Å². The lowest BCUT2D eigenvalue weighted by Crippen LogP contribution is -2.51. The van der Waals surface area contributed by atoms with Crippen molar-refractivity contribution in [1.29, 1.82) is 0 Å². The molecule has 0 unspecified atom stereocenters. The van der Waals surface area contributed by atoms with E-state index in [0.717, 1.165) is 27.7 Å². The number of rotatable bonds is 3. The lowest BCUT2D eigenvalue weighted by atomic mass is 9.51. The molecule has 8 nitrogen and oxygen atoms in total. The molecule has 10 heteroatoms. The summed E-state index contributed by atoms with van der Waals surface area (Å²) in [5.74, 6) is -4.86. The maximum Gasteiger partial charge on any atom is 0.241 e. The van der Waals surface area contributed by atoms with Gasteiger partial charge < -0.3 is 9.84 Å². The zero-order valence-electron chi connectivity index (χ0n) is 24.7. The molecule has 3 aliphatic heterocycles. The highest BCUT2D eigenvalue weighted by Gasteiger charge is 2.68. The number of nitrogens with zero attached hydrogens (tertiary/aromatic N) is 2. The van der Waals surface area contributed by atoms with Crippen LogP contribution < -0.4 is 14.5 Å². The zero-order valence-corrected chi connectivity index (χ0v) is 25.4. The van der Waals surface area contributed by atoms with Gasteiger partial charge in [-0.1, -0.05) is 41.4 Å². The molecule has 1 saturated carbocycles. The minimum atomic E-state index is -1.29. The first kappa shape index (κ1) is 28.7. The van der Waals surface area contributed by atoms with Gasteiger partial charge in [-0.15, -0.1) is 0 Å². The molecule has 0 radical (unpaired) electrons. The van der Waals surface area contributed by atoms with Crippen molar-refractivity contribution in [2.24, 2.45) is 35.0 Å². The van der Waals surface area contributed by atoms with Gasteiger partial charge in [0.2, 0.25) is 23.6 Å². The van der Waals surface area contributed by atoms with E-state index in [9.17, 15) is 28.7 Å². The molecule has 232 valence electrons. The monoisotopic (exact) mass is 638 g/mol. The fraction of sp³-hybridized carbons (Fsp3) is 0.278. The lowest BCUT2D eigenvalue weighted by molar-refractivity contribution is -0.132. The summed E-state index contributed by atoms with van der Waals surface area (Å²) in [5, 5.41) is 10.0. The molecule has 4 amide bonds. The Morgan fingerprint density at radius 1 is 0.913 bits per heavy atom. The van der Waals surface area contributed by atoms with Gasteiger partial charge in [-0.2, -0.15) is 0 Å². The predicted molar refractivity (Wildman–Crippen MR) is 166 cm³/mol. The van der Waals surface area contributed by atoms with Crippen LogP contribution in [0.3, 0.4) is 0 Å². The van der Waals surface area contributed by atoms with Crippen LogP contribution in [-0.4, -0.2) is 28.7 Å². The van der Waals surface area contributed by atoms with Crippen LogP contribution in [0.15, 0.2) is 90.2 Å². The topological polar surface area (TPSA) is 104 Å². The van der Waals surface area contributed by atoms with Crippen LogP contribution in [0.4, 0.5) is 15.8 Å². The third-order valence-electron chi connectivity index (χ3n) is 10.6. The van der Waals surface area contributed by atoms with Gasteiger partial charge in [0.25, 0.3) is 0 Å². The molecule has 2 aliphatic carbocycles. The van der Waals surface area contributed by atoms with Crippen LogP contribution in [0.5, 0.6) is 11.5 Å². The number of hydrogen-bond donors (Lipinski definition) is 1. The number of carbonyl (C=O) groups excluding carboxylic acids is 4. The highest BCUT2D eigenvalue weighted by atomic mass is 35.5. The average Bonchev–Trinajstić information content (AvgIpc) is 3.42. The van der Waals surface area contributed by atoms with Crippen molar-refractivity contribution in [3.63, 3.8) is 0 Å². The number of benzene rings is 3. The van der Waals surface area contributed by atoms with Gasteiger partial charge in [-0.3, -0.25) is 24.1 Å². The molecule has 46 heavy (non-hydrogen) atoms. The molecule has 1 N–H and O–H groups in total. The Morgan fingerprint density at radius 2 is 1.70 bits per heavy atom. The molecule has 3 heterocycles. The lowest BCUT2D eigenvalue weighted by Gasteiger charge is -2.49. The molecule has 6 atom stereocenters. The Hall–Kier alpha value is -4.76. The highest BCUT2D eigenvalue weighted by molar-refractivity contribution is 6.31. The van der Waals surface area contributed by atoms with E-state index in [0.29, 0.717) is 24.3 Å². The Balaban J connectivity index is 1.26. The molecular weight excluding hydrogens is 611 g/mol. The number of carbonyl (C=O) groups is 4. The SMILES string of the molecule is C[C@@]12C(=O)N(c3ccc(F)c(Cl)c3)C(=O)[C@@H]1C[C@@H]1C(=CC[C@@H]3C(=O)N(c4ccccc4)C(=O)[C@@H]31)[C@@H]2C1=COc2ccc(O)cc2C1. The molecule has 8 rings (SSSR count). The largest absolute Gasteiger partial charge is 0.508 e. The maximum atomic E-state index is 14.6. The molecule has 3 fully saturated rings. The molecule has 0 aromatic heterocycles. The van der Waals surface area contributed by atoms with Crippen LogP contribution in [-0.2, 0) is 25.6 Å². The van der Waals surface area contributed by atoms with E-state index in [-0.39, 0.29) is 34.7 Å². The summed E-state index contributed by atoms with van der Waals surface area (Å²) in [6.45, 7) is 1.77. The molecule has 0 bridgehead atoms. The second-order valence-corrected chi connectivity index (χ2v) is 13.3. The Bertz CT molecular complexity index is 1940. The number of phenols is 1. The smallest absolute Gasteiger partial charge is 0.241 e. The van der Waals surface area contributed by atoms with E-state index in [1.807, 2.05) is 12.1 Å². The number of halogens is 2. The highest BCUT2D eigenvalue weighted by Crippen LogP contribution is 2.63. The van der Waals surface area contributed by atoms with Gasteiger partial charge in [0.1, 0.15) is 17.3 Å². The van der Waals surface area contributed by atoms with E-state index in [4.69, 9.17) is 16.3 Å². The summed E-state index contributed by atoms with van der Waals surface area (Å²) in [4.78, 5) is 59.1. The molecule has 5 aliphatic rings. The van der Waals surface area contributed by atoms with Crippen LogP contribution >= 0.6 is 11.6 Å². The number of ether oxygens (including phenoxy) is 1. The van der Waals surface area contributed by atoms with Crippen molar-refractivity contribution >= 4 is 46.6 Å². The Kier molecular flexibility index (Phi) is 6.31. The van der Waals surface area contributed by atoms with E-state index in [1.165, 1.54) is 23.1 Å². The number of allylic oxidation sites excluding steroid dienone is 3. The summed E-state index contributed by atoms with van der Waals surface area (Å²) in [7, 11) is 0. The minimum Gasteiger partial charge on any atom is -0.508 e. The standard InChI is InChI=1S/C36H28ClFN2O6/c1-36-26(33(43)40(35(36)45)21-7-11-28(38)27(37)15-21)16-25-23(31(36)19-13-18-14-22(41)8-12-29(18)46-17-19)9-10-24-30(25)34(44)39(32(24)42)20-5-3-2-4-6-20/h2-9,11-12,14-15,17,24-26,30-31,41H,10,13,16H2,1H3/t24-,25+,26-,30-,31-,36+/m0/s1. The van der Waals surface area contributed by atoms with Gasteiger partial charge in [0, 0.05) is 17.9 Å². The summed E-state index contributed by atoms with van der Waals surface area (Å²) in [6.07, 6.45) is 4.41. The first-order chi connectivity index (χ1) is 22.1. The second kappa shape index (κ2) is 10.1. The summed E-state index contributed by atoms with van der Waals surface area (Å²) < 4.78 is 20.1. The van der Waals surface area contributed by atoms with Crippen molar-refractivity contribution in [1.82, 2.24) is 0 Å². The predicted octanol–water partition coefficient (Wildman–Crippen LogP) is 5.97. The molecule has 0 spiro atoms. The summed E-state index contributed by atoms with van der Waals surface area (Å²) in [6, 6.07) is 17.4. The van der Waals surface area contributed by atoms with Crippen molar-refractivity contribution in [3.8, 4) is 11.5 Å². The van der Waals surface area contributed by atoms with Crippen LogP contribution in [0.1, 0.15) is 25.3 Å². The number of aromatic hydroxyl groups is 1. The molecule has 3 aromatic carbocycles. The van der Waals surface area contributed by atoms with E-state index in [1.54, 1.807) is 49.6 Å². The van der Waals surface area contributed by atoms with E-state index < -0.39 is 52.6 Å².